The summed E-state index contributed by atoms with van der Waals surface area (Å²) in [5, 5.41) is 3.50. The fourth-order valence-corrected chi connectivity index (χ4v) is 3.72. The zero-order chi connectivity index (χ0) is 17.7. The second kappa shape index (κ2) is 9.58. The number of hydrogen-bond donors (Lipinski definition) is 1. The molecule has 1 N–H and O–H groups in total. The van der Waals surface area contributed by atoms with E-state index >= 15 is 0 Å². The summed E-state index contributed by atoms with van der Waals surface area (Å²) in [7, 11) is 3.55. The average molecular weight is 470 g/mol. The molecule has 1 aromatic rings. The molecule has 1 aliphatic heterocycles. The predicted molar refractivity (Wildman–Crippen MR) is 117 cm³/mol. The number of halogens is 1. The molecule has 1 saturated carbocycles. The van der Waals surface area contributed by atoms with Crippen LogP contribution >= 0.6 is 24.0 Å². The molecule has 26 heavy (non-hydrogen) atoms. The molecule has 1 spiro atoms. The summed E-state index contributed by atoms with van der Waals surface area (Å²) in [5.41, 5.74) is 1.84. The van der Waals surface area contributed by atoms with Gasteiger partial charge in [0, 0.05) is 33.7 Å². The first-order valence-corrected chi connectivity index (χ1v) is 9.35. The average Bonchev–Trinajstić information content (AvgIpc) is 3.04. The number of benzene rings is 1. The summed E-state index contributed by atoms with van der Waals surface area (Å²) in [6.45, 7) is 3.18. The van der Waals surface area contributed by atoms with Gasteiger partial charge in [0.2, 0.25) is 5.91 Å². The first-order chi connectivity index (χ1) is 12.1. The fraction of sp³-hybridized carbons (Fsp3) is 0.600. The molecular formula is C20H31IN4O. The van der Waals surface area contributed by atoms with Gasteiger partial charge in [0.15, 0.2) is 5.96 Å². The number of carbonyl (C=O) groups is 1. The molecule has 6 heteroatoms. The molecule has 3 rings (SSSR count). The van der Waals surface area contributed by atoms with Gasteiger partial charge < -0.3 is 15.1 Å². The van der Waals surface area contributed by atoms with Gasteiger partial charge >= 0.3 is 0 Å². The monoisotopic (exact) mass is 470 g/mol. The van der Waals surface area contributed by atoms with Crippen molar-refractivity contribution in [2.75, 3.05) is 40.3 Å². The molecule has 1 saturated heterocycles. The first kappa shape index (κ1) is 21.0. The summed E-state index contributed by atoms with van der Waals surface area (Å²) in [4.78, 5) is 20.5. The molecule has 5 nitrogen and oxygen atoms in total. The Bertz CT molecular complexity index is 613. The maximum Gasteiger partial charge on any atom is 0.243 e. The summed E-state index contributed by atoms with van der Waals surface area (Å²) in [6.07, 6.45) is 6.27. The molecule has 0 atom stereocenters. The van der Waals surface area contributed by atoms with Gasteiger partial charge in [-0.05, 0) is 36.7 Å². The molecule has 1 aliphatic carbocycles. The number of likely N-dealkylation sites (tertiary alicyclic amines) is 1. The maximum atomic E-state index is 11.9. The van der Waals surface area contributed by atoms with Gasteiger partial charge in [-0.25, -0.2) is 4.99 Å². The second-order valence-corrected chi connectivity index (χ2v) is 7.62. The third-order valence-corrected chi connectivity index (χ3v) is 5.55. The molecule has 2 fully saturated rings. The minimum Gasteiger partial charge on any atom is -0.356 e. The van der Waals surface area contributed by atoms with Crippen LogP contribution in [-0.4, -0.2) is 61.9 Å². The number of likely N-dealkylation sites (N-methyl/N-ethyl adjacent to an activating group) is 1. The van der Waals surface area contributed by atoms with E-state index in [-0.39, 0.29) is 36.4 Å². The SMILES string of the molecule is CN(C)C(=O)CN=C(NCCc1ccccc1)N1CCC2(CCC2)C1.I. The van der Waals surface area contributed by atoms with E-state index in [1.807, 2.05) is 6.07 Å². The molecular weight excluding hydrogens is 439 g/mol. The summed E-state index contributed by atoms with van der Waals surface area (Å²) in [6, 6.07) is 10.5. The standard InChI is InChI=1S/C20H30N4O.HI/c1-23(2)18(25)15-22-19(21-13-9-17-7-4-3-5-8-17)24-14-12-20(16-24)10-6-11-20;/h3-5,7-8H,6,9-16H2,1-2H3,(H,21,22);1H. The largest absolute Gasteiger partial charge is 0.356 e. The normalized spacial score (nSPS) is 18.2. The Morgan fingerprint density at radius 2 is 1.96 bits per heavy atom. The lowest BCUT2D eigenvalue weighted by molar-refractivity contribution is -0.127. The Labute approximate surface area is 174 Å². The van der Waals surface area contributed by atoms with Crippen molar-refractivity contribution in [1.82, 2.24) is 15.1 Å². The number of guanidine groups is 1. The van der Waals surface area contributed by atoms with E-state index in [4.69, 9.17) is 0 Å². The molecule has 0 unspecified atom stereocenters. The van der Waals surface area contributed by atoms with Crippen LogP contribution in [-0.2, 0) is 11.2 Å². The number of nitrogens with zero attached hydrogens (tertiary/aromatic N) is 3. The van der Waals surface area contributed by atoms with Crippen molar-refractivity contribution in [3.8, 4) is 0 Å². The van der Waals surface area contributed by atoms with Gasteiger partial charge in [-0.1, -0.05) is 36.8 Å². The number of nitrogens with one attached hydrogen (secondary N) is 1. The molecule has 0 bridgehead atoms. The van der Waals surface area contributed by atoms with E-state index < -0.39 is 0 Å². The minimum absolute atomic E-state index is 0. The van der Waals surface area contributed by atoms with Crippen molar-refractivity contribution in [3.63, 3.8) is 0 Å². The van der Waals surface area contributed by atoms with Crippen LogP contribution in [0.15, 0.2) is 35.3 Å². The Hall–Kier alpha value is -1.31. The smallest absolute Gasteiger partial charge is 0.243 e. The number of hydrogen-bond acceptors (Lipinski definition) is 2. The van der Waals surface area contributed by atoms with Crippen molar-refractivity contribution in [2.24, 2.45) is 10.4 Å². The quantitative estimate of drug-likeness (QED) is 0.409. The van der Waals surface area contributed by atoms with Gasteiger partial charge in [0.25, 0.3) is 0 Å². The summed E-state index contributed by atoms with van der Waals surface area (Å²) < 4.78 is 0. The number of aliphatic imine (C=N–C) groups is 1. The topological polar surface area (TPSA) is 47.9 Å². The lowest BCUT2D eigenvalue weighted by atomic mass is 9.68. The highest BCUT2D eigenvalue weighted by Crippen LogP contribution is 2.47. The molecule has 1 amide bonds. The molecule has 1 heterocycles. The third kappa shape index (κ3) is 5.34. The van der Waals surface area contributed by atoms with E-state index in [0.29, 0.717) is 5.41 Å². The second-order valence-electron chi connectivity index (χ2n) is 7.62. The Morgan fingerprint density at radius 1 is 1.23 bits per heavy atom. The van der Waals surface area contributed by atoms with Crippen LogP contribution in [0.25, 0.3) is 0 Å². The molecule has 144 valence electrons. The Balaban J connectivity index is 0.00000243. The van der Waals surface area contributed by atoms with Gasteiger partial charge in [-0.2, -0.15) is 0 Å². The Morgan fingerprint density at radius 3 is 2.54 bits per heavy atom. The van der Waals surface area contributed by atoms with Crippen LogP contribution in [0.4, 0.5) is 0 Å². The van der Waals surface area contributed by atoms with E-state index in [2.05, 4.69) is 39.5 Å². The number of rotatable bonds is 5. The Kier molecular flexibility index (Phi) is 7.73. The summed E-state index contributed by atoms with van der Waals surface area (Å²) in [5.74, 6) is 0.940. The van der Waals surface area contributed by atoms with Gasteiger partial charge in [-0.15, -0.1) is 24.0 Å². The van der Waals surface area contributed by atoms with E-state index in [1.54, 1.807) is 19.0 Å². The van der Waals surface area contributed by atoms with Gasteiger partial charge in [0.05, 0.1) is 0 Å². The molecule has 1 aromatic carbocycles. The minimum atomic E-state index is 0. The molecule has 2 aliphatic rings. The number of amides is 1. The lowest BCUT2D eigenvalue weighted by Gasteiger charge is -2.38. The van der Waals surface area contributed by atoms with Crippen LogP contribution in [0.1, 0.15) is 31.2 Å². The van der Waals surface area contributed by atoms with Crippen LogP contribution in [0.2, 0.25) is 0 Å². The van der Waals surface area contributed by atoms with Crippen molar-refractivity contribution in [1.29, 1.82) is 0 Å². The van der Waals surface area contributed by atoms with Crippen molar-refractivity contribution >= 4 is 35.8 Å². The van der Waals surface area contributed by atoms with Gasteiger partial charge in [-0.3, -0.25) is 4.79 Å². The van der Waals surface area contributed by atoms with Crippen LogP contribution < -0.4 is 5.32 Å². The molecule has 0 radical (unpaired) electrons. The predicted octanol–water partition coefficient (Wildman–Crippen LogP) is 2.76. The summed E-state index contributed by atoms with van der Waals surface area (Å²) >= 11 is 0. The highest BCUT2D eigenvalue weighted by molar-refractivity contribution is 14.0. The fourth-order valence-electron chi connectivity index (χ4n) is 3.72. The van der Waals surface area contributed by atoms with Crippen molar-refractivity contribution in [3.05, 3.63) is 35.9 Å². The van der Waals surface area contributed by atoms with Crippen molar-refractivity contribution in [2.45, 2.75) is 32.1 Å². The zero-order valence-electron chi connectivity index (χ0n) is 15.9. The maximum absolute atomic E-state index is 11.9. The van der Waals surface area contributed by atoms with E-state index in [1.165, 1.54) is 31.2 Å². The molecule has 0 aromatic heterocycles. The third-order valence-electron chi connectivity index (χ3n) is 5.55. The van der Waals surface area contributed by atoms with Crippen LogP contribution in [0.5, 0.6) is 0 Å². The van der Waals surface area contributed by atoms with Crippen molar-refractivity contribution < 1.29 is 4.79 Å². The van der Waals surface area contributed by atoms with E-state index in [9.17, 15) is 4.79 Å². The first-order valence-electron chi connectivity index (χ1n) is 9.35. The number of carbonyl (C=O) groups excluding carboxylic acids is 1. The van der Waals surface area contributed by atoms with Crippen LogP contribution in [0, 0.1) is 5.41 Å². The van der Waals surface area contributed by atoms with Gasteiger partial charge in [0.1, 0.15) is 6.54 Å². The lowest BCUT2D eigenvalue weighted by Crippen LogP contribution is -2.43. The highest BCUT2D eigenvalue weighted by atomic mass is 127. The zero-order valence-corrected chi connectivity index (χ0v) is 18.2. The van der Waals surface area contributed by atoms with Crippen LogP contribution in [0.3, 0.4) is 0 Å². The highest BCUT2D eigenvalue weighted by Gasteiger charge is 2.43. The van der Waals surface area contributed by atoms with E-state index in [0.717, 1.165) is 32.0 Å².